The van der Waals surface area contributed by atoms with Crippen LogP contribution in [0.25, 0.3) is 11.0 Å². The number of aryl methyl sites for hydroxylation is 2. The van der Waals surface area contributed by atoms with Crippen LogP contribution in [0.5, 0.6) is 5.75 Å². The summed E-state index contributed by atoms with van der Waals surface area (Å²) in [6.45, 7) is 12.1. The summed E-state index contributed by atoms with van der Waals surface area (Å²) in [5, 5.41) is 0.596. The van der Waals surface area contributed by atoms with E-state index in [0.29, 0.717) is 28.5 Å². The maximum Gasteiger partial charge on any atom is 0.265 e. The molecule has 2 bridgehead atoms. The second-order valence-corrected chi connectivity index (χ2v) is 9.05. The van der Waals surface area contributed by atoms with Gasteiger partial charge in [0.1, 0.15) is 5.75 Å². The van der Waals surface area contributed by atoms with Gasteiger partial charge in [0, 0.05) is 18.7 Å². The number of nitrogens with zero attached hydrogens (tertiary/aromatic N) is 3. The molecule has 138 valence electrons. The summed E-state index contributed by atoms with van der Waals surface area (Å²) < 4.78 is 6.08. The average molecular weight is 370 g/mol. The number of aromatic nitrogens is 2. The molecular formula is C21H27N3OS. The number of hydrogen-bond donors (Lipinski definition) is 0. The molecular weight excluding hydrogens is 342 g/mol. The van der Waals surface area contributed by atoms with E-state index in [0.717, 1.165) is 34.7 Å². The molecule has 2 aromatic rings. The predicted octanol–water partition coefficient (Wildman–Crippen LogP) is 4.67. The Labute approximate surface area is 161 Å². The summed E-state index contributed by atoms with van der Waals surface area (Å²) >= 11 is 5.67. The molecule has 1 saturated heterocycles. The highest BCUT2D eigenvalue weighted by Crippen LogP contribution is 2.49. The Hall–Kier alpha value is -1.75. The second kappa shape index (κ2) is 6.15. The van der Waals surface area contributed by atoms with Crippen LogP contribution in [0.1, 0.15) is 45.0 Å². The number of ether oxygens (including phenoxy) is 1. The number of likely N-dealkylation sites (tertiary alicyclic amines) is 1. The number of thiocarbonyl (C=S) groups is 1. The lowest BCUT2D eigenvalue weighted by molar-refractivity contribution is 0.106. The molecule has 5 heteroatoms. The molecule has 26 heavy (non-hydrogen) atoms. The highest BCUT2D eigenvalue weighted by atomic mass is 32.1. The van der Waals surface area contributed by atoms with E-state index < -0.39 is 0 Å². The first kappa shape index (κ1) is 17.7. The van der Waals surface area contributed by atoms with Crippen molar-refractivity contribution in [3.05, 3.63) is 29.6 Å². The van der Waals surface area contributed by atoms with Crippen LogP contribution < -0.4 is 4.74 Å². The lowest BCUT2D eigenvalue weighted by Crippen LogP contribution is -2.40. The van der Waals surface area contributed by atoms with E-state index in [1.165, 1.54) is 12.8 Å². The molecule has 3 atom stereocenters. The first-order valence-corrected chi connectivity index (χ1v) is 9.89. The number of fused-ring (bicyclic) bond motifs is 3. The van der Waals surface area contributed by atoms with Gasteiger partial charge in [0.15, 0.2) is 0 Å². The van der Waals surface area contributed by atoms with Crippen molar-refractivity contribution in [2.75, 3.05) is 6.54 Å². The van der Waals surface area contributed by atoms with Crippen molar-refractivity contribution in [3.8, 4) is 5.75 Å². The lowest BCUT2D eigenvalue weighted by atomic mass is 9.65. The quantitative estimate of drug-likeness (QED) is 0.683. The SMILES string of the molecule is Cc1nc2ccc(OC(=S)N3C[C@H]4C[C@H]3CC(C)(C)[C@H]4C)cc2nc1C. The van der Waals surface area contributed by atoms with E-state index in [4.69, 9.17) is 17.0 Å². The third kappa shape index (κ3) is 2.96. The fraction of sp³-hybridized carbons (Fsp3) is 0.571. The van der Waals surface area contributed by atoms with Crippen LogP contribution in [0.3, 0.4) is 0 Å². The van der Waals surface area contributed by atoms with Crippen LogP contribution in [0.2, 0.25) is 0 Å². The molecule has 0 amide bonds. The summed E-state index contributed by atoms with van der Waals surface area (Å²) in [6, 6.07) is 6.34. The Morgan fingerprint density at radius 1 is 1.19 bits per heavy atom. The van der Waals surface area contributed by atoms with E-state index >= 15 is 0 Å². The molecule has 1 aliphatic carbocycles. The summed E-state index contributed by atoms with van der Waals surface area (Å²) in [4.78, 5) is 11.5. The molecule has 1 saturated carbocycles. The van der Waals surface area contributed by atoms with Gasteiger partial charge in [-0.15, -0.1) is 0 Å². The van der Waals surface area contributed by atoms with E-state index in [1.807, 2.05) is 32.0 Å². The molecule has 0 N–H and O–H groups in total. The van der Waals surface area contributed by atoms with Crippen LogP contribution in [0, 0.1) is 31.1 Å². The topological polar surface area (TPSA) is 38.2 Å². The maximum atomic E-state index is 6.08. The minimum Gasteiger partial charge on any atom is -0.432 e. The predicted molar refractivity (Wildman–Crippen MR) is 108 cm³/mol. The summed E-state index contributed by atoms with van der Waals surface area (Å²) in [7, 11) is 0. The van der Waals surface area contributed by atoms with Gasteiger partial charge in [0.2, 0.25) is 0 Å². The maximum absolute atomic E-state index is 6.08. The largest absolute Gasteiger partial charge is 0.432 e. The highest BCUT2D eigenvalue weighted by Gasteiger charge is 2.48. The molecule has 2 fully saturated rings. The molecule has 1 aromatic heterocycles. The molecule has 4 nitrogen and oxygen atoms in total. The van der Waals surface area contributed by atoms with Crippen molar-refractivity contribution in [1.82, 2.24) is 14.9 Å². The van der Waals surface area contributed by atoms with Crippen molar-refractivity contribution in [2.45, 2.75) is 53.5 Å². The van der Waals surface area contributed by atoms with Gasteiger partial charge in [-0.25, -0.2) is 9.97 Å². The summed E-state index contributed by atoms with van der Waals surface area (Å²) in [5.41, 5.74) is 4.01. The van der Waals surface area contributed by atoms with Gasteiger partial charge in [0.05, 0.1) is 22.4 Å². The van der Waals surface area contributed by atoms with E-state index in [2.05, 4.69) is 35.6 Å². The second-order valence-electron chi connectivity index (χ2n) is 8.70. The summed E-state index contributed by atoms with van der Waals surface area (Å²) in [5.74, 6) is 2.17. The molecule has 2 aliphatic rings. The molecule has 1 aromatic carbocycles. The van der Waals surface area contributed by atoms with Crippen molar-refractivity contribution < 1.29 is 4.74 Å². The minimum atomic E-state index is 0.367. The Morgan fingerprint density at radius 3 is 2.62 bits per heavy atom. The molecule has 0 unspecified atom stereocenters. The third-order valence-electron chi connectivity index (χ3n) is 6.63. The lowest BCUT2D eigenvalue weighted by Gasteiger charge is -2.40. The van der Waals surface area contributed by atoms with Crippen LogP contribution in [0.4, 0.5) is 0 Å². The van der Waals surface area contributed by atoms with Crippen molar-refractivity contribution in [1.29, 1.82) is 0 Å². The Kier molecular flexibility index (Phi) is 4.18. The zero-order chi connectivity index (χ0) is 18.6. The van der Waals surface area contributed by atoms with E-state index in [9.17, 15) is 0 Å². The van der Waals surface area contributed by atoms with Gasteiger partial charge in [-0.3, -0.25) is 0 Å². The van der Waals surface area contributed by atoms with Gasteiger partial charge in [-0.1, -0.05) is 20.8 Å². The molecule has 1 aliphatic heterocycles. The highest BCUT2D eigenvalue weighted by molar-refractivity contribution is 7.80. The third-order valence-corrected chi connectivity index (χ3v) is 6.95. The summed E-state index contributed by atoms with van der Waals surface area (Å²) in [6.07, 6.45) is 2.41. The number of benzene rings is 1. The number of hydrogen-bond acceptors (Lipinski definition) is 4. The minimum absolute atomic E-state index is 0.367. The normalized spacial score (nSPS) is 27.0. The van der Waals surface area contributed by atoms with Gasteiger partial charge < -0.3 is 9.64 Å². The molecule has 0 spiro atoms. The van der Waals surface area contributed by atoms with Gasteiger partial charge in [-0.05, 0) is 68.3 Å². The Balaban J connectivity index is 1.54. The van der Waals surface area contributed by atoms with Crippen LogP contribution >= 0.6 is 12.2 Å². The van der Waals surface area contributed by atoms with Gasteiger partial charge in [-0.2, -0.15) is 0 Å². The average Bonchev–Trinajstić information content (AvgIpc) is 2.94. The molecule has 0 radical (unpaired) electrons. The van der Waals surface area contributed by atoms with Gasteiger partial charge in [0.25, 0.3) is 5.17 Å². The van der Waals surface area contributed by atoms with Crippen molar-refractivity contribution in [3.63, 3.8) is 0 Å². The smallest absolute Gasteiger partial charge is 0.265 e. The number of rotatable bonds is 1. The van der Waals surface area contributed by atoms with Crippen LogP contribution in [-0.4, -0.2) is 32.6 Å². The van der Waals surface area contributed by atoms with Gasteiger partial charge >= 0.3 is 0 Å². The fourth-order valence-corrected chi connectivity index (χ4v) is 4.92. The standard InChI is InChI=1S/C21H27N3OS/c1-12-15-8-16(10-21(12,4)5)24(11-15)20(26)25-17-6-7-18-19(9-17)23-14(3)13(2)22-18/h6-7,9,12,15-16H,8,10-11H2,1-5H3/t12-,15+,16-/m0/s1. The Bertz CT molecular complexity index is 879. The first-order valence-electron chi connectivity index (χ1n) is 9.48. The molecule has 2 heterocycles. The zero-order valence-corrected chi connectivity index (χ0v) is 17.1. The monoisotopic (exact) mass is 369 g/mol. The molecule has 4 rings (SSSR count). The first-order chi connectivity index (χ1) is 12.2. The van der Waals surface area contributed by atoms with E-state index in [-0.39, 0.29) is 0 Å². The van der Waals surface area contributed by atoms with Crippen LogP contribution in [-0.2, 0) is 0 Å². The Morgan fingerprint density at radius 2 is 1.88 bits per heavy atom. The van der Waals surface area contributed by atoms with Crippen molar-refractivity contribution in [2.24, 2.45) is 17.3 Å². The fourth-order valence-electron chi connectivity index (χ4n) is 4.60. The van der Waals surface area contributed by atoms with Crippen molar-refractivity contribution >= 4 is 28.4 Å². The zero-order valence-electron chi connectivity index (χ0n) is 16.2. The van der Waals surface area contributed by atoms with E-state index in [1.54, 1.807) is 0 Å². The van der Waals surface area contributed by atoms with Crippen LogP contribution in [0.15, 0.2) is 18.2 Å².